The number of allylic oxidation sites excluding steroid dienone is 2. The summed E-state index contributed by atoms with van der Waals surface area (Å²) in [5, 5.41) is 12.9. The highest BCUT2D eigenvalue weighted by atomic mass is 16.3. The van der Waals surface area contributed by atoms with Crippen LogP contribution in [-0.2, 0) is 4.79 Å². The molecule has 4 unspecified atom stereocenters. The summed E-state index contributed by atoms with van der Waals surface area (Å²) in [5.41, 5.74) is 0. The lowest BCUT2D eigenvalue weighted by Gasteiger charge is -2.35. The molecule has 3 aliphatic rings. The topological polar surface area (TPSA) is 52.6 Å². The van der Waals surface area contributed by atoms with Crippen LogP contribution < -0.4 is 5.32 Å². The minimum Gasteiger partial charge on any atom is -0.396 e. The normalized spacial score (nSPS) is 31.2. The lowest BCUT2D eigenvalue weighted by molar-refractivity contribution is -0.135. The number of aliphatic hydroxyl groups excluding tert-OH is 1. The van der Waals surface area contributed by atoms with Gasteiger partial charge in [0.2, 0.25) is 5.91 Å². The monoisotopic (exact) mass is 334 g/mol. The number of nitrogens with zero attached hydrogens (tertiary/aromatic N) is 1. The summed E-state index contributed by atoms with van der Waals surface area (Å²) in [6.45, 7) is 7.23. The number of fused-ring (bicyclic) bond motifs is 2. The quantitative estimate of drug-likeness (QED) is 0.703. The molecule has 1 amide bonds. The lowest BCUT2D eigenvalue weighted by atomic mass is 9.92. The van der Waals surface area contributed by atoms with Crippen LogP contribution in [0.5, 0.6) is 0 Å². The highest BCUT2D eigenvalue weighted by Gasteiger charge is 2.36. The van der Waals surface area contributed by atoms with Crippen LogP contribution in [0.3, 0.4) is 0 Å². The fourth-order valence-electron chi connectivity index (χ4n) is 4.72. The van der Waals surface area contributed by atoms with E-state index in [1.165, 1.54) is 12.8 Å². The van der Waals surface area contributed by atoms with E-state index in [4.69, 9.17) is 0 Å². The van der Waals surface area contributed by atoms with Crippen LogP contribution in [0.1, 0.15) is 46.0 Å². The molecule has 0 radical (unpaired) electrons. The molecule has 0 aromatic rings. The zero-order valence-electron chi connectivity index (χ0n) is 15.3. The van der Waals surface area contributed by atoms with Gasteiger partial charge in [0.05, 0.1) is 6.04 Å². The van der Waals surface area contributed by atoms with Gasteiger partial charge in [-0.1, -0.05) is 26.0 Å². The van der Waals surface area contributed by atoms with Crippen LogP contribution in [0.2, 0.25) is 0 Å². The Labute approximate surface area is 146 Å². The first-order chi connectivity index (χ1) is 11.6. The van der Waals surface area contributed by atoms with Crippen molar-refractivity contribution in [2.24, 2.45) is 29.6 Å². The molecule has 4 nitrogen and oxygen atoms in total. The van der Waals surface area contributed by atoms with Gasteiger partial charge in [0.25, 0.3) is 0 Å². The summed E-state index contributed by atoms with van der Waals surface area (Å²) in [5.74, 6) is 3.41. The second-order valence-electron chi connectivity index (χ2n) is 8.58. The first kappa shape index (κ1) is 17.9. The first-order valence-corrected chi connectivity index (χ1v) is 9.88. The maximum atomic E-state index is 13.0. The smallest absolute Gasteiger partial charge is 0.239 e. The molecule has 1 saturated carbocycles. The van der Waals surface area contributed by atoms with E-state index < -0.39 is 0 Å². The Bertz CT molecular complexity index is 455. The molecule has 2 bridgehead atoms. The van der Waals surface area contributed by atoms with Crippen molar-refractivity contribution in [2.45, 2.75) is 52.0 Å². The van der Waals surface area contributed by atoms with Crippen LogP contribution in [-0.4, -0.2) is 48.2 Å². The van der Waals surface area contributed by atoms with Crippen molar-refractivity contribution in [1.29, 1.82) is 0 Å². The molecule has 3 rings (SSSR count). The molecule has 2 N–H and O–H groups in total. The van der Waals surface area contributed by atoms with Gasteiger partial charge in [0.1, 0.15) is 0 Å². The number of carbonyl (C=O) groups excluding carboxylic acids is 1. The van der Waals surface area contributed by atoms with Crippen molar-refractivity contribution >= 4 is 5.91 Å². The fraction of sp³-hybridized carbons (Fsp3) is 0.850. The molecule has 0 aromatic heterocycles. The van der Waals surface area contributed by atoms with Crippen LogP contribution in [0.4, 0.5) is 0 Å². The summed E-state index contributed by atoms with van der Waals surface area (Å²) in [4.78, 5) is 15.0. The molecule has 2 fully saturated rings. The number of likely N-dealkylation sites (tertiary alicyclic amines) is 1. The van der Waals surface area contributed by atoms with Gasteiger partial charge in [-0.2, -0.15) is 0 Å². The molecule has 4 atom stereocenters. The Balaban J connectivity index is 1.53. The van der Waals surface area contributed by atoms with Crippen molar-refractivity contribution in [3.63, 3.8) is 0 Å². The van der Waals surface area contributed by atoms with E-state index in [0.717, 1.165) is 50.7 Å². The number of piperidine rings is 1. The van der Waals surface area contributed by atoms with Gasteiger partial charge in [-0.15, -0.1) is 0 Å². The van der Waals surface area contributed by atoms with Crippen molar-refractivity contribution in [2.75, 3.05) is 26.2 Å². The van der Waals surface area contributed by atoms with Crippen LogP contribution >= 0.6 is 0 Å². The number of nitrogens with one attached hydrogen (secondary N) is 1. The number of carbonyl (C=O) groups is 1. The van der Waals surface area contributed by atoms with Gasteiger partial charge in [-0.25, -0.2) is 0 Å². The Hall–Kier alpha value is -0.870. The molecule has 1 saturated heterocycles. The van der Waals surface area contributed by atoms with E-state index in [0.29, 0.717) is 17.8 Å². The van der Waals surface area contributed by atoms with Crippen molar-refractivity contribution in [3.8, 4) is 0 Å². The van der Waals surface area contributed by atoms with E-state index in [9.17, 15) is 9.90 Å². The number of rotatable bonds is 7. The fourth-order valence-corrected chi connectivity index (χ4v) is 4.72. The third-order valence-corrected chi connectivity index (χ3v) is 6.23. The zero-order chi connectivity index (χ0) is 17.1. The molecule has 4 heteroatoms. The van der Waals surface area contributed by atoms with Crippen LogP contribution in [0, 0.1) is 29.6 Å². The minimum absolute atomic E-state index is 0.0428. The van der Waals surface area contributed by atoms with Gasteiger partial charge in [-0.05, 0) is 68.2 Å². The van der Waals surface area contributed by atoms with E-state index >= 15 is 0 Å². The molecule has 2 aliphatic carbocycles. The maximum Gasteiger partial charge on any atom is 0.239 e. The van der Waals surface area contributed by atoms with E-state index in [1.807, 2.05) is 4.90 Å². The van der Waals surface area contributed by atoms with Gasteiger partial charge in [0.15, 0.2) is 0 Å². The molecular formula is C20H34N2O2. The predicted octanol–water partition coefficient (Wildman–Crippen LogP) is 2.43. The van der Waals surface area contributed by atoms with E-state index in [2.05, 4.69) is 31.3 Å². The zero-order valence-corrected chi connectivity index (χ0v) is 15.3. The van der Waals surface area contributed by atoms with Crippen molar-refractivity contribution in [1.82, 2.24) is 10.2 Å². The molecule has 1 heterocycles. The van der Waals surface area contributed by atoms with Gasteiger partial charge >= 0.3 is 0 Å². The van der Waals surface area contributed by atoms with E-state index in [-0.39, 0.29) is 18.6 Å². The number of hydrogen-bond acceptors (Lipinski definition) is 3. The third-order valence-electron chi connectivity index (χ3n) is 6.23. The summed E-state index contributed by atoms with van der Waals surface area (Å²) >= 11 is 0. The summed E-state index contributed by atoms with van der Waals surface area (Å²) in [6, 6.07) is -0.0428. The third kappa shape index (κ3) is 4.20. The molecule has 0 spiro atoms. The Morgan fingerprint density at radius 1 is 1.25 bits per heavy atom. The Morgan fingerprint density at radius 2 is 2.00 bits per heavy atom. The molecular weight excluding hydrogens is 300 g/mol. The number of amides is 1. The average molecular weight is 335 g/mol. The summed E-state index contributed by atoms with van der Waals surface area (Å²) in [6.07, 6.45) is 10.2. The second-order valence-corrected chi connectivity index (χ2v) is 8.58. The van der Waals surface area contributed by atoms with Crippen LogP contribution in [0.25, 0.3) is 0 Å². The largest absolute Gasteiger partial charge is 0.396 e. The predicted molar refractivity (Wildman–Crippen MR) is 96.5 cm³/mol. The highest BCUT2D eigenvalue weighted by Crippen LogP contribution is 2.43. The van der Waals surface area contributed by atoms with Gasteiger partial charge < -0.3 is 15.3 Å². The summed E-state index contributed by atoms with van der Waals surface area (Å²) in [7, 11) is 0. The van der Waals surface area contributed by atoms with Crippen LogP contribution in [0.15, 0.2) is 12.2 Å². The highest BCUT2D eigenvalue weighted by molar-refractivity contribution is 5.82. The number of hydrogen-bond donors (Lipinski definition) is 2. The summed E-state index contributed by atoms with van der Waals surface area (Å²) < 4.78 is 0. The molecule has 24 heavy (non-hydrogen) atoms. The van der Waals surface area contributed by atoms with Crippen molar-refractivity contribution in [3.05, 3.63) is 12.2 Å². The van der Waals surface area contributed by atoms with E-state index in [1.54, 1.807) is 0 Å². The standard InChI is InChI=1S/C20H34N2O2/c1-14(2)9-19(20(24)22-7-5-15(13-23)6-8-22)21-12-18-11-16-3-4-17(18)10-16/h3-4,14-19,21,23H,5-13H2,1-2H3. The first-order valence-electron chi connectivity index (χ1n) is 9.88. The SMILES string of the molecule is CC(C)CC(NCC1CC2C=CC1C2)C(=O)N1CCC(CO)CC1. The second kappa shape index (κ2) is 8.01. The Kier molecular flexibility index (Phi) is 5.98. The maximum absolute atomic E-state index is 13.0. The molecule has 1 aliphatic heterocycles. The minimum atomic E-state index is -0.0428. The molecule has 136 valence electrons. The lowest BCUT2D eigenvalue weighted by Crippen LogP contribution is -2.51. The average Bonchev–Trinajstić information content (AvgIpc) is 3.20. The van der Waals surface area contributed by atoms with Crippen molar-refractivity contribution < 1.29 is 9.90 Å². The Morgan fingerprint density at radius 3 is 2.54 bits per heavy atom. The molecule has 0 aromatic carbocycles. The number of aliphatic hydroxyl groups is 1. The van der Waals surface area contributed by atoms with Gasteiger partial charge in [0, 0.05) is 19.7 Å². The van der Waals surface area contributed by atoms with Gasteiger partial charge in [-0.3, -0.25) is 4.79 Å².